The summed E-state index contributed by atoms with van der Waals surface area (Å²) in [4.78, 5) is 26.0. The highest BCUT2D eigenvalue weighted by Gasteiger charge is 2.35. The van der Waals surface area contributed by atoms with E-state index < -0.39 is 30.6 Å². The van der Waals surface area contributed by atoms with Crippen molar-refractivity contribution in [3.8, 4) is 17.6 Å². The van der Waals surface area contributed by atoms with Crippen LogP contribution in [0.15, 0.2) is 102 Å². The van der Waals surface area contributed by atoms with Crippen LogP contribution in [0.2, 0.25) is 5.02 Å². The van der Waals surface area contributed by atoms with E-state index in [4.69, 9.17) is 35.7 Å². The second kappa shape index (κ2) is 19.8. The van der Waals surface area contributed by atoms with Gasteiger partial charge in [-0.25, -0.2) is 0 Å². The van der Waals surface area contributed by atoms with Gasteiger partial charge >= 0.3 is 11.9 Å². The maximum absolute atomic E-state index is 11.0. The zero-order valence-corrected chi connectivity index (χ0v) is 34.0. The minimum Gasteiger partial charge on any atom is -0.488 e. The molecule has 14 heteroatoms. The molecule has 0 amide bonds. The fourth-order valence-electron chi connectivity index (χ4n) is 7.30. The minimum atomic E-state index is -1.10. The Bertz CT molecular complexity index is 2440. The fourth-order valence-corrected chi connectivity index (χ4v) is 7.54. The van der Waals surface area contributed by atoms with Gasteiger partial charge in [0.2, 0.25) is 0 Å². The molecule has 60 heavy (non-hydrogen) atoms. The highest BCUT2D eigenvalue weighted by atomic mass is 35.5. The number of aliphatic hydroxyl groups is 2. The number of aliphatic hydroxyl groups excluding tert-OH is 2. The number of carboxylic acids is 2. The smallest absolute Gasteiger partial charge is 0.306 e. The van der Waals surface area contributed by atoms with Gasteiger partial charge in [0.05, 0.1) is 42.2 Å². The first-order valence-electron chi connectivity index (χ1n) is 19.4. The zero-order chi connectivity index (χ0) is 42.8. The Hall–Kier alpha value is -6.01. The molecular formula is C46H47ClN4O9. The van der Waals surface area contributed by atoms with Gasteiger partial charge in [-0.2, -0.15) is 5.26 Å². The maximum atomic E-state index is 11.0. The van der Waals surface area contributed by atoms with Crippen LogP contribution >= 0.6 is 11.6 Å². The topological polar surface area (TPSA) is 207 Å². The van der Waals surface area contributed by atoms with Gasteiger partial charge < -0.3 is 45.0 Å². The molecule has 0 saturated carbocycles. The number of furan rings is 1. The van der Waals surface area contributed by atoms with Crippen molar-refractivity contribution in [3.63, 3.8) is 0 Å². The summed E-state index contributed by atoms with van der Waals surface area (Å²) in [7, 11) is 0. The van der Waals surface area contributed by atoms with E-state index in [2.05, 4.69) is 78.0 Å². The van der Waals surface area contributed by atoms with Crippen LogP contribution < -0.4 is 20.1 Å². The summed E-state index contributed by atoms with van der Waals surface area (Å²) >= 11 is 6.75. The summed E-state index contributed by atoms with van der Waals surface area (Å²) in [6.45, 7) is 5.53. The predicted octanol–water partition coefficient (Wildman–Crippen LogP) is 7.12. The summed E-state index contributed by atoms with van der Waals surface area (Å²) in [6.07, 6.45) is 6.74. The van der Waals surface area contributed by atoms with Crippen molar-refractivity contribution in [1.82, 2.24) is 15.6 Å². The average molecular weight is 835 g/mol. The third-order valence-corrected chi connectivity index (χ3v) is 10.5. The largest absolute Gasteiger partial charge is 0.488 e. The highest BCUT2D eigenvalue weighted by Crippen LogP contribution is 2.49. The van der Waals surface area contributed by atoms with Gasteiger partial charge in [-0.1, -0.05) is 67.9 Å². The Morgan fingerprint density at radius 1 is 0.900 bits per heavy atom. The number of hydrogen-bond acceptors (Lipinski definition) is 11. The molecule has 0 aliphatic heterocycles. The molecule has 5 aromatic rings. The number of aromatic nitrogens is 1. The monoisotopic (exact) mass is 834 g/mol. The molecule has 6 N–H and O–H groups in total. The summed E-state index contributed by atoms with van der Waals surface area (Å²) in [5.74, 6) is -0.575. The second-order valence-electron chi connectivity index (χ2n) is 15.3. The van der Waals surface area contributed by atoms with Gasteiger partial charge in [0.1, 0.15) is 42.1 Å². The summed E-state index contributed by atoms with van der Waals surface area (Å²) < 4.78 is 18.5. The normalized spacial score (nSPS) is 15.5. The molecule has 0 radical (unpaired) electrons. The van der Waals surface area contributed by atoms with Gasteiger partial charge in [0.25, 0.3) is 0 Å². The van der Waals surface area contributed by atoms with Crippen LogP contribution in [0.5, 0.6) is 11.5 Å². The molecule has 3 unspecified atom stereocenters. The molecule has 3 atom stereocenters. The molecule has 312 valence electrons. The van der Waals surface area contributed by atoms with E-state index in [1.165, 1.54) is 6.20 Å². The molecule has 0 fully saturated rings. The lowest BCUT2D eigenvalue weighted by atomic mass is 9.66. The number of allylic oxidation sites excluding steroid dienone is 4. The molecule has 1 aliphatic rings. The van der Waals surface area contributed by atoms with E-state index in [-0.39, 0.29) is 50.6 Å². The molecule has 0 bridgehead atoms. The maximum Gasteiger partial charge on any atom is 0.306 e. The van der Waals surface area contributed by atoms with Crippen molar-refractivity contribution in [3.05, 3.63) is 142 Å². The number of pyridine rings is 1. The minimum absolute atomic E-state index is 0.0429. The van der Waals surface area contributed by atoms with E-state index in [1.807, 2.05) is 24.3 Å². The number of halogens is 1. The van der Waals surface area contributed by atoms with Crippen LogP contribution in [0.25, 0.3) is 16.5 Å². The number of carboxylic acid groups (broad SMARTS) is 2. The Morgan fingerprint density at radius 2 is 1.62 bits per heavy atom. The van der Waals surface area contributed by atoms with E-state index in [9.17, 15) is 25.1 Å². The predicted molar refractivity (Wildman–Crippen MR) is 225 cm³/mol. The Labute approximate surface area is 352 Å². The third kappa shape index (κ3) is 11.4. The Balaban J connectivity index is 1.15. The van der Waals surface area contributed by atoms with Gasteiger partial charge in [0, 0.05) is 65.9 Å². The molecule has 13 nitrogen and oxygen atoms in total. The zero-order valence-electron chi connectivity index (χ0n) is 33.2. The molecule has 1 aliphatic carbocycles. The van der Waals surface area contributed by atoms with Crippen molar-refractivity contribution >= 4 is 40.1 Å². The molecule has 6 rings (SSSR count). The van der Waals surface area contributed by atoms with Crippen LogP contribution in [0, 0.1) is 16.7 Å². The molecule has 3 aromatic carbocycles. The van der Waals surface area contributed by atoms with E-state index >= 15 is 0 Å². The quantitative estimate of drug-likeness (QED) is 0.0462. The van der Waals surface area contributed by atoms with Crippen LogP contribution in [0.4, 0.5) is 0 Å². The van der Waals surface area contributed by atoms with E-state index in [0.717, 1.165) is 33.2 Å². The third-order valence-electron chi connectivity index (χ3n) is 10.2. The van der Waals surface area contributed by atoms with Crippen LogP contribution in [0.1, 0.15) is 71.7 Å². The number of nitrogens with one attached hydrogen (secondary N) is 2. The number of nitriles is 1. The van der Waals surface area contributed by atoms with Crippen molar-refractivity contribution in [2.75, 3.05) is 13.1 Å². The lowest BCUT2D eigenvalue weighted by molar-refractivity contribution is -0.140. The standard InChI is InChI=1S/C46H47ClN4O9/c1-46(2)38(7-4-8-39(46)32-9-10-41-33(13-32)14-37(60-41)25-51-24-36(53)17-45(56)57)31-6-3-5-28(12-31)26-59-43-18-42(58-27-30-11-29(19-48)20-49-21-30)34(15-40(43)47)22-50-23-35(52)16-44(54)55/h3-15,18,20-21,35-36,39,50-53H,16-17,22-27H2,1-2H3,(H,54,55)(H,56,57). The molecular weight excluding hydrogens is 788 g/mol. The van der Waals surface area contributed by atoms with Gasteiger partial charge in [0.15, 0.2) is 0 Å². The van der Waals surface area contributed by atoms with Gasteiger partial charge in [-0.3, -0.25) is 14.6 Å². The SMILES string of the molecule is CC1(C)C(c2cccc(COc3cc(OCc4cncc(C#N)c4)c(CNCC(O)CC(=O)O)cc3Cl)c2)=CC=CC1c1ccc2oc(CNCC(O)CC(=O)O)cc2c1. The van der Waals surface area contributed by atoms with Crippen molar-refractivity contribution < 1.29 is 43.9 Å². The van der Waals surface area contributed by atoms with Gasteiger partial charge in [-0.05, 0) is 58.7 Å². The number of fused-ring (bicyclic) bond motifs is 1. The number of carbonyl (C=O) groups is 2. The molecule has 2 aromatic heterocycles. The van der Waals surface area contributed by atoms with Crippen LogP contribution in [0.3, 0.4) is 0 Å². The van der Waals surface area contributed by atoms with Crippen LogP contribution in [-0.4, -0.2) is 62.6 Å². The molecule has 0 saturated heterocycles. The molecule has 0 spiro atoms. The van der Waals surface area contributed by atoms with Crippen molar-refractivity contribution in [1.29, 1.82) is 5.26 Å². The second-order valence-corrected chi connectivity index (χ2v) is 15.7. The number of nitrogens with zero attached hydrogens (tertiary/aromatic N) is 2. The number of ether oxygens (including phenoxy) is 2. The average Bonchev–Trinajstić information content (AvgIpc) is 3.61. The number of hydrogen-bond donors (Lipinski definition) is 6. The lowest BCUT2D eigenvalue weighted by Gasteiger charge is -2.38. The van der Waals surface area contributed by atoms with Gasteiger partial charge in [-0.15, -0.1) is 0 Å². The number of rotatable bonds is 20. The first-order chi connectivity index (χ1) is 28.8. The highest BCUT2D eigenvalue weighted by molar-refractivity contribution is 6.32. The summed E-state index contributed by atoms with van der Waals surface area (Å²) in [5, 5.41) is 54.5. The van der Waals surface area contributed by atoms with E-state index in [1.54, 1.807) is 24.4 Å². The Kier molecular flexibility index (Phi) is 14.4. The first kappa shape index (κ1) is 43.6. The number of aliphatic carboxylic acids is 2. The van der Waals surface area contributed by atoms with E-state index in [0.29, 0.717) is 45.5 Å². The number of benzene rings is 3. The molecule has 2 heterocycles. The Morgan fingerprint density at radius 3 is 2.35 bits per heavy atom. The van der Waals surface area contributed by atoms with Crippen molar-refractivity contribution in [2.45, 2.75) is 71.1 Å². The first-order valence-corrected chi connectivity index (χ1v) is 19.8. The fraction of sp³-hybridized carbons (Fsp3) is 0.304. The van der Waals surface area contributed by atoms with Crippen LogP contribution in [-0.2, 0) is 35.9 Å². The van der Waals surface area contributed by atoms with Crippen molar-refractivity contribution in [2.24, 2.45) is 5.41 Å². The summed E-state index contributed by atoms with van der Waals surface area (Å²) in [5.41, 5.74) is 6.43. The summed E-state index contributed by atoms with van der Waals surface area (Å²) in [6, 6.07) is 23.5. The lowest BCUT2D eigenvalue weighted by Crippen LogP contribution is -2.28.